The lowest BCUT2D eigenvalue weighted by molar-refractivity contribution is 0.451. The highest BCUT2D eigenvalue weighted by molar-refractivity contribution is 5.98. The maximum Gasteiger partial charge on any atom is 0.260 e. The number of rotatable bonds is 1. The number of benzene rings is 1. The van der Waals surface area contributed by atoms with Gasteiger partial charge < -0.3 is 10.3 Å². The molecule has 4 heteroatoms. The maximum absolute atomic E-state index is 5.90. The van der Waals surface area contributed by atoms with Crippen molar-refractivity contribution >= 4 is 16.8 Å². The Morgan fingerprint density at radius 3 is 2.69 bits per heavy atom. The Bertz CT molecular complexity index is 631. The number of fused-ring (bicyclic) bond motifs is 1. The summed E-state index contributed by atoms with van der Waals surface area (Å²) in [7, 11) is 0. The van der Waals surface area contributed by atoms with Crippen LogP contribution < -0.4 is 5.73 Å². The first-order valence-corrected chi connectivity index (χ1v) is 4.91. The average Bonchev–Trinajstić information content (AvgIpc) is 2.75. The summed E-state index contributed by atoms with van der Waals surface area (Å²) in [6.45, 7) is 0. The van der Waals surface area contributed by atoms with Crippen molar-refractivity contribution in [2.45, 2.75) is 0 Å². The van der Waals surface area contributed by atoms with Crippen molar-refractivity contribution in [2.24, 2.45) is 0 Å². The quantitative estimate of drug-likeness (QED) is 0.671. The van der Waals surface area contributed by atoms with Crippen LogP contribution in [-0.4, -0.2) is 10.1 Å². The molecule has 78 valence electrons. The van der Waals surface area contributed by atoms with Crippen molar-refractivity contribution in [1.82, 2.24) is 10.1 Å². The largest absolute Gasteiger partial charge is 0.398 e. The van der Waals surface area contributed by atoms with Crippen molar-refractivity contribution in [3.63, 3.8) is 0 Å². The van der Waals surface area contributed by atoms with Crippen LogP contribution in [0.5, 0.6) is 0 Å². The number of anilines is 1. The highest BCUT2D eigenvalue weighted by Crippen LogP contribution is 2.30. The van der Waals surface area contributed by atoms with Gasteiger partial charge in [-0.05, 0) is 6.07 Å². The van der Waals surface area contributed by atoms with E-state index in [0.717, 1.165) is 16.6 Å². The molecule has 0 spiro atoms. The Labute approximate surface area is 91.7 Å². The lowest BCUT2D eigenvalue weighted by atomic mass is 10.1. The molecule has 0 atom stereocenters. The van der Waals surface area contributed by atoms with Crippen LogP contribution in [0.25, 0.3) is 22.4 Å². The summed E-state index contributed by atoms with van der Waals surface area (Å²) in [6.07, 6.45) is 1.61. The van der Waals surface area contributed by atoms with E-state index in [0.29, 0.717) is 11.4 Å². The lowest BCUT2D eigenvalue weighted by Crippen LogP contribution is -1.87. The molecule has 3 rings (SSSR count). The van der Waals surface area contributed by atoms with Gasteiger partial charge in [-0.15, -0.1) is 0 Å². The van der Waals surface area contributed by atoms with Crippen LogP contribution in [0, 0.1) is 0 Å². The fourth-order valence-electron chi connectivity index (χ4n) is 1.69. The minimum atomic E-state index is 0.471. The van der Waals surface area contributed by atoms with Gasteiger partial charge >= 0.3 is 0 Å². The Morgan fingerprint density at radius 2 is 1.88 bits per heavy atom. The topological polar surface area (TPSA) is 64.9 Å². The fourth-order valence-corrected chi connectivity index (χ4v) is 1.69. The minimum Gasteiger partial charge on any atom is -0.398 e. The van der Waals surface area contributed by atoms with Gasteiger partial charge in [-0.1, -0.05) is 35.5 Å². The van der Waals surface area contributed by atoms with Gasteiger partial charge in [0.1, 0.15) is 5.69 Å². The highest BCUT2D eigenvalue weighted by Gasteiger charge is 2.13. The smallest absolute Gasteiger partial charge is 0.260 e. The van der Waals surface area contributed by atoms with Gasteiger partial charge in [0.2, 0.25) is 0 Å². The predicted octanol–water partition coefficient (Wildman–Crippen LogP) is 2.47. The van der Waals surface area contributed by atoms with Crippen molar-refractivity contribution in [2.75, 3.05) is 5.73 Å². The first kappa shape index (κ1) is 8.91. The molecule has 3 aromatic rings. The fraction of sp³-hybridized carbons (Fsp3) is 0. The van der Waals surface area contributed by atoms with Crippen LogP contribution >= 0.6 is 0 Å². The molecule has 0 saturated carbocycles. The van der Waals surface area contributed by atoms with Gasteiger partial charge in [0.05, 0.1) is 5.39 Å². The summed E-state index contributed by atoms with van der Waals surface area (Å²) in [4.78, 5) is 4.08. The molecule has 0 amide bonds. The zero-order chi connectivity index (χ0) is 11.0. The normalized spacial score (nSPS) is 10.8. The van der Waals surface area contributed by atoms with Crippen LogP contribution in [-0.2, 0) is 0 Å². The summed E-state index contributed by atoms with van der Waals surface area (Å²) in [5.74, 6) is 0. The van der Waals surface area contributed by atoms with Crippen molar-refractivity contribution in [3.05, 3.63) is 42.6 Å². The molecular weight excluding hydrogens is 202 g/mol. The van der Waals surface area contributed by atoms with Crippen molar-refractivity contribution in [1.29, 1.82) is 0 Å². The molecule has 2 aromatic heterocycles. The standard InChI is InChI=1S/C12H9N3O/c13-9-6-7-14-12-10(9)11(15-16-12)8-4-2-1-3-5-8/h1-7H,(H2,13,14). The van der Waals surface area contributed by atoms with Gasteiger partial charge in [0.25, 0.3) is 5.71 Å². The van der Waals surface area contributed by atoms with E-state index in [9.17, 15) is 0 Å². The van der Waals surface area contributed by atoms with Crippen LogP contribution in [0.4, 0.5) is 5.69 Å². The summed E-state index contributed by atoms with van der Waals surface area (Å²) in [6, 6.07) is 11.5. The third kappa shape index (κ3) is 1.24. The number of hydrogen-bond donors (Lipinski definition) is 1. The molecule has 0 fully saturated rings. The second kappa shape index (κ2) is 3.34. The number of nitrogen functional groups attached to an aromatic ring is 1. The van der Waals surface area contributed by atoms with Gasteiger partial charge in [0, 0.05) is 17.4 Å². The molecule has 4 nitrogen and oxygen atoms in total. The van der Waals surface area contributed by atoms with Crippen molar-refractivity contribution < 1.29 is 4.52 Å². The van der Waals surface area contributed by atoms with Gasteiger partial charge in [0.15, 0.2) is 0 Å². The Balaban J connectivity index is 2.33. The molecule has 0 radical (unpaired) electrons. The van der Waals surface area contributed by atoms with Gasteiger partial charge in [-0.3, -0.25) is 0 Å². The minimum absolute atomic E-state index is 0.471. The van der Waals surface area contributed by atoms with E-state index in [4.69, 9.17) is 10.3 Å². The van der Waals surface area contributed by atoms with E-state index in [-0.39, 0.29) is 0 Å². The van der Waals surface area contributed by atoms with E-state index in [1.807, 2.05) is 30.3 Å². The van der Waals surface area contributed by atoms with E-state index >= 15 is 0 Å². The van der Waals surface area contributed by atoms with Gasteiger partial charge in [-0.25, -0.2) is 4.98 Å². The number of hydrogen-bond acceptors (Lipinski definition) is 4. The summed E-state index contributed by atoms with van der Waals surface area (Å²) in [5, 5.41) is 4.78. The lowest BCUT2D eigenvalue weighted by Gasteiger charge is -1.97. The molecule has 0 aliphatic carbocycles. The molecule has 0 aliphatic heterocycles. The first-order chi connectivity index (χ1) is 7.86. The third-order valence-corrected chi connectivity index (χ3v) is 2.46. The molecule has 1 aromatic carbocycles. The number of nitrogens with two attached hydrogens (primary N) is 1. The number of nitrogens with zero attached hydrogens (tertiary/aromatic N) is 2. The van der Waals surface area contributed by atoms with E-state index in [1.54, 1.807) is 12.3 Å². The molecule has 0 aliphatic rings. The summed E-state index contributed by atoms with van der Waals surface area (Å²) >= 11 is 0. The van der Waals surface area contributed by atoms with Gasteiger partial charge in [-0.2, -0.15) is 0 Å². The predicted molar refractivity (Wildman–Crippen MR) is 61.7 cm³/mol. The van der Waals surface area contributed by atoms with Crippen molar-refractivity contribution in [3.8, 4) is 11.3 Å². The summed E-state index contributed by atoms with van der Waals surface area (Å²) in [5.41, 5.74) is 8.71. The number of aromatic nitrogens is 2. The first-order valence-electron chi connectivity index (χ1n) is 4.91. The molecule has 2 heterocycles. The second-order valence-electron chi connectivity index (χ2n) is 3.48. The average molecular weight is 211 g/mol. The van der Waals surface area contributed by atoms with E-state index in [2.05, 4.69) is 10.1 Å². The second-order valence-corrected chi connectivity index (χ2v) is 3.48. The molecule has 0 bridgehead atoms. The van der Waals surface area contributed by atoms with Crippen LogP contribution in [0.1, 0.15) is 0 Å². The molecular formula is C12H9N3O. The number of pyridine rings is 1. The zero-order valence-electron chi connectivity index (χ0n) is 8.42. The summed E-state index contributed by atoms with van der Waals surface area (Å²) < 4.78 is 5.14. The highest BCUT2D eigenvalue weighted by atomic mass is 16.5. The molecule has 16 heavy (non-hydrogen) atoms. The monoisotopic (exact) mass is 211 g/mol. The van der Waals surface area contributed by atoms with Crippen LogP contribution in [0.3, 0.4) is 0 Å². The third-order valence-electron chi connectivity index (χ3n) is 2.46. The van der Waals surface area contributed by atoms with Crippen LogP contribution in [0.2, 0.25) is 0 Å². The maximum atomic E-state index is 5.90. The Kier molecular flexibility index (Phi) is 1.86. The van der Waals surface area contributed by atoms with E-state index in [1.165, 1.54) is 0 Å². The SMILES string of the molecule is Nc1ccnc2onc(-c3ccccc3)c12. The molecule has 0 saturated heterocycles. The molecule has 2 N–H and O–H groups in total. The van der Waals surface area contributed by atoms with Crippen LogP contribution in [0.15, 0.2) is 47.1 Å². The Hall–Kier alpha value is -2.36. The Morgan fingerprint density at radius 1 is 1.06 bits per heavy atom. The van der Waals surface area contributed by atoms with E-state index < -0.39 is 0 Å². The zero-order valence-corrected chi connectivity index (χ0v) is 8.42. The molecule has 0 unspecified atom stereocenters.